The summed E-state index contributed by atoms with van der Waals surface area (Å²) in [5.74, 6) is 2.38. The first kappa shape index (κ1) is 23.1. The molecule has 1 aliphatic rings. The Kier molecular flexibility index (Phi) is 6.81. The van der Waals surface area contributed by atoms with E-state index in [9.17, 15) is 4.79 Å². The summed E-state index contributed by atoms with van der Waals surface area (Å²) in [5, 5.41) is 7.42. The zero-order valence-corrected chi connectivity index (χ0v) is 20.6. The standard InChI is InChI=1S/C27H27N3O4S/c1-17-23(18(2)34-30-17)10-13-26(31)28-15-22-16-29-27(35-22)32-21-9-12-25-20(14-21)8-11-24(33-25)19-6-4-3-5-7-19/h3-7,9,12,14,16,24H,8,10-11,13,15H2,1-2H3,(H,28,31)/t24-/m0/s1. The molecule has 8 heteroatoms. The molecule has 1 aliphatic heterocycles. The van der Waals surface area contributed by atoms with Crippen LogP contribution in [0.5, 0.6) is 16.7 Å². The van der Waals surface area contributed by atoms with Crippen molar-refractivity contribution in [3.8, 4) is 16.7 Å². The van der Waals surface area contributed by atoms with Gasteiger partial charge in [-0.3, -0.25) is 4.79 Å². The molecule has 35 heavy (non-hydrogen) atoms. The summed E-state index contributed by atoms with van der Waals surface area (Å²) in [6.07, 6.45) is 4.66. The monoisotopic (exact) mass is 489 g/mol. The maximum atomic E-state index is 12.3. The summed E-state index contributed by atoms with van der Waals surface area (Å²) >= 11 is 1.42. The number of rotatable bonds is 8. The Morgan fingerprint density at radius 3 is 2.86 bits per heavy atom. The second-order valence-corrected chi connectivity index (χ2v) is 9.68. The zero-order valence-electron chi connectivity index (χ0n) is 19.7. The maximum Gasteiger partial charge on any atom is 0.278 e. The fourth-order valence-electron chi connectivity index (χ4n) is 4.22. The van der Waals surface area contributed by atoms with E-state index in [1.165, 1.54) is 16.9 Å². The molecule has 1 N–H and O–H groups in total. The number of thiazole rings is 1. The molecule has 0 saturated carbocycles. The number of fused-ring (bicyclic) bond motifs is 1. The molecule has 0 spiro atoms. The highest BCUT2D eigenvalue weighted by atomic mass is 32.1. The minimum absolute atomic E-state index is 0.0237. The number of aryl methyl sites for hydroxylation is 3. The Balaban J connectivity index is 1.13. The molecule has 180 valence electrons. The van der Waals surface area contributed by atoms with Crippen molar-refractivity contribution < 1.29 is 18.8 Å². The number of nitrogens with zero attached hydrogens (tertiary/aromatic N) is 2. The molecule has 5 rings (SSSR count). The van der Waals surface area contributed by atoms with Gasteiger partial charge in [0.15, 0.2) is 0 Å². The average Bonchev–Trinajstić information content (AvgIpc) is 3.46. The molecule has 2 aromatic carbocycles. The van der Waals surface area contributed by atoms with E-state index in [2.05, 4.69) is 27.6 Å². The van der Waals surface area contributed by atoms with E-state index in [4.69, 9.17) is 14.0 Å². The van der Waals surface area contributed by atoms with Gasteiger partial charge >= 0.3 is 0 Å². The molecule has 2 aromatic heterocycles. The van der Waals surface area contributed by atoms with Gasteiger partial charge in [-0.25, -0.2) is 4.98 Å². The normalized spacial score (nSPS) is 14.7. The van der Waals surface area contributed by atoms with Gasteiger partial charge in [-0.2, -0.15) is 0 Å². The van der Waals surface area contributed by atoms with Gasteiger partial charge in [0.25, 0.3) is 5.19 Å². The summed E-state index contributed by atoms with van der Waals surface area (Å²) in [6.45, 7) is 4.17. The number of amides is 1. The third kappa shape index (κ3) is 5.54. The van der Waals surface area contributed by atoms with Crippen LogP contribution in [-0.2, 0) is 24.2 Å². The second-order valence-electron chi connectivity index (χ2n) is 8.60. The molecular formula is C27H27N3O4S. The molecule has 3 heterocycles. The van der Waals surface area contributed by atoms with E-state index in [-0.39, 0.29) is 12.0 Å². The number of ether oxygens (including phenoxy) is 2. The Hall–Kier alpha value is -3.65. The Labute approximate surface area is 208 Å². The third-order valence-corrected chi connectivity index (χ3v) is 7.00. The number of benzene rings is 2. The second kappa shape index (κ2) is 10.3. The van der Waals surface area contributed by atoms with Gasteiger partial charge < -0.3 is 19.3 Å². The van der Waals surface area contributed by atoms with Crippen LogP contribution in [0.4, 0.5) is 0 Å². The molecule has 1 amide bonds. The SMILES string of the molecule is Cc1noc(C)c1CCC(=O)NCc1cnc(Oc2ccc3c(c2)CC[C@@H](c2ccccc2)O3)s1. The molecule has 0 bridgehead atoms. The summed E-state index contributed by atoms with van der Waals surface area (Å²) in [4.78, 5) is 17.5. The number of aromatic nitrogens is 2. The van der Waals surface area contributed by atoms with Crippen LogP contribution in [0.1, 0.15) is 52.0 Å². The lowest BCUT2D eigenvalue weighted by atomic mass is 9.97. The Morgan fingerprint density at radius 1 is 1.20 bits per heavy atom. The summed E-state index contributed by atoms with van der Waals surface area (Å²) in [7, 11) is 0. The highest BCUT2D eigenvalue weighted by molar-refractivity contribution is 7.13. The minimum Gasteiger partial charge on any atom is -0.485 e. The molecule has 0 unspecified atom stereocenters. The van der Waals surface area contributed by atoms with E-state index < -0.39 is 0 Å². The van der Waals surface area contributed by atoms with E-state index >= 15 is 0 Å². The van der Waals surface area contributed by atoms with Crippen LogP contribution in [0.25, 0.3) is 0 Å². The molecule has 0 fully saturated rings. The number of nitrogens with one attached hydrogen (secondary N) is 1. The number of hydrogen-bond donors (Lipinski definition) is 1. The topological polar surface area (TPSA) is 86.5 Å². The first-order chi connectivity index (χ1) is 17.0. The molecule has 0 aliphatic carbocycles. The van der Waals surface area contributed by atoms with Crippen LogP contribution in [0.3, 0.4) is 0 Å². The van der Waals surface area contributed by atoms with Gasteiger partial charge in [-0.15, -0.1) is 0 Å². The van der Waals surface area contributed by atoms with Gasteiger partial charge in [0.05, 0.1) is 12.2 Å². The first-order valence-corrected chi connectivity index (χ1v) is 12.5. The predicted molar refractivity (Wildman–Crippen MR) is 133 cm³/mol. The van der Waals surface area contributed by atoms with Gasteiger partial charge in [0, 0.05) is 23.1 Å². The van der Waals surface area contributed by atoms with E-state index in [1.54, 1.807) is 6.20 Å². The van der Waals surface area contributed by atoms with Crippen LogP contribution in [0.2, 0.25) is 0 Å². The summed E-state index contributed by atoms with van der Waals surface area (Å²) in [6, 6.07) is 16.2. The third-order valence-electron chi connectivity index (χ3n) is 6.13. The highest BCUT2D eigenvalue weighted by Gasteiger charge is 2.22. The van der Waals surface area contributed by atoms with Crippen molar-refractivity contribution >= 4 is 17.2 Å². The first-order valence-electron chi connectivity index (χ1n) is 11.7. The van der Waals surface area contributed by atoms with Crippen LogP contribution in [0.15, 0.2) is 59.3 Å². The van der Waals surface area contributed by atoms with Crippen molar-refractivity contribution in [2.45, 2.75) is 52.2 Å². The van der Waals surface area contributed by atoms with Crippen molar-refractivity contribution in [3.63, 3.8) is 0 Å². The van der Waals surface area contributed by atoms with Crippen LogP contribution in [0, 0.1) is 13.8 Å². The number of carbonyl (C=O) groups is 1. The van der Waals surface area contributed by atoms with Crippen molar-refractivity contribution in [1.82, 2.24) is 15.5 Å². The number of carbonyl (C=O) groups excluding carboxylic acids is 1. The smallest absolute Gasteiger partial charge is 0.278 e. The van der Waals surface area contributed by atoms with Crippen molar-refractivity contribution in [2.75, 3.05) is 0 Å². The Morgan fingerprint density at radius 2 is 2.06 bits per heavy atom. The fourth-order valence-corrected chi connectivity index (χ4v) is 4.94. The maximum absolute atomic E-state index is 12.3. The van der Waals surface area contributed by atoms with E-state index in [0.717, 1.165) is 51.8 Å². The molecule has 0 saturated heterocycles. The van der Waals surface area contributed by atoms with Crippen molar-refractivity contribution in [2.24, 2.45) is 0 Å². The molecular weight excluding hydrogens is 462 g/mol. The van der Waals surface area contributed by atoms with Crippen LogP contribution >= 0.6 is 11.3 Å². The molecule has 0 radical (unpaired) electrons. The quantitative estimate of drug-likeness (QED) is 0.334. The lowest BCUT2D eigenvalue weighted by Crippen LogP contribution is -2.22. The molecule has 4 aromatic rings. The van der Waals surface area contributed by atoms with E-state index in [0.29, 0.717) is 24.6 Å². The lowest BCUT2D eigenvalue weighted by Gasteiger charge is -2.26. The predicted octanol–water partition coefficient (Wildman–Crippen LogP) is 5.86. The Bertz CT molecular complexity index is 1300. The molecule has 7 nitrogen and oxygen atoms in total. The van der Waals surface area contributed by atoms with Gasteiger partial charge in [-0.05, 0) is 62.4 Å². The fraction of sp³-hybridized carbons (Fsp3) is 0.296. The molecule has 1 atom stereocenters. The van der Waals surface area contributed by atoms with Crippen LogP contribution in [-0.4, -0.2) is 16.0 Å². The zero-order chi connectivity index (χ0) is 24.2. The average molecular weight is 490 g/mol. The van der Waals surface area contributed by atoms with Gasteiger partial charge in [0.2, 0.25) is 5.91 Å². The largest absolute Gasteiger partial charge is 0.485 e. The number of hydrogen-bond acceptors (Lipinski definition) is 7. The summed E-state index contributed by atoms with van der Waals surface area (Å²) in [5.41, 5.74) is 4.17. The van der Waals surface area contributed by atoms with Gasteiger partial charge in [0.1, 0.15) is 23.4 Å². The van der Waals surface area contributed by atoms with Crippen LogP contribution < -0.4 is 14.8 Å². The highest BCUT2D eigenvalue weighted by Crippen LogP contribution is 2.38. The van der Waals surface area contributed by atoms with E-state index in [1.807, 2.05) is 50.2 Å². The van der Waals surface area contributed by atoms with Crippen molar-refractivity contribution in [3.05, 3.63) is 87.7 Å². The van der Waals surface area contributed by atoms with Crippen molar-refractivity contribution in [1.29, 1.82) is 0 Å². The lowest BCUT2D eigenvalue weighted by molar-refractivity contribution is -0.121. The summed E-state index contributed by atoms with van der Waals surface area (Å²) < 4.78 is 17.4. The minimum atomic E-state index is -0.0237. The van der Waals surface area contributed by atoms with Gasteiger partial charge in [-0.1, -0.05) is 46.8 Å².